The SMILES string of the molecule is CC1CN(S(=O)(=O)c2cccnc2N)CC(CO)O1. The number of hydrogen-bond donors (Lipinski definition) is 2. The molecule has 1 aromatic rings. The van der Waals surface area contributed by atoms with E-state index in [1.54, 1.807) is 6.92 Å². The molecule has 0 amide bonds. The highest BCUT2D eigenvalue weighted by molar-refractivity contribution is 7.89. The summed E-state index contributed by atoms with van der Waals surface area (Å²) in [7, 11) is -3.71. The number of hydrogen-bond acceptors (Lipinski definition) is 6. The van der Waals surface area contributed by atoms with Crippen LogP contribution in [0.15, 0.2) is 23.2 Å². The molecule has 1 saturated heterocycles. The number of anilines is 1. The summed E-state index contributed by atoms with van der Waals surface area (Å²) in [5.74, 6) is -0.0257. The van der Waals surface area contributed by atoms with Gasteiger partial charge in [0.25, 0.3) is 0 Å². The van der Waals surface area contributed by atoms with Gasteiger partial charge < -0.3 is 15.6 Å². The van der Waals surface area contributed by atoms with Gasteiger partial charge in [0.2, 0.25) is 10.0 Å². The molecular weight excluding hydrogens is 270 g/mol. The lowest BCUT2D eigenvalue weighted by Gasteiger charge is -2.35. The number of aliphatic hydroxyl groups excluding tert-OH is 1. The van der Waals surface area contributed by atoms with E-state index >= 15 is 0 Å². The number of rotatable bonds is 3. The third-order valence-corrected chi connectivity index (χ3v) is 4.79. The lowest BCUT2D eigenvalue weighted by atomic mass is 10.2. The first-order valence-corrected chi connectivity index (χ1v) is 7.36. The molecule has 2 unspecified atom stereocenters. The van der Waals surface area contributed by atoms with E-state index in [-0.39, 0.29) is 36.5 Å². The number of sulfonamides is 1. The van der Waals surface area contributed by atoms with E-state index in [2.05, 4.69) is 4.98 Å². The van der Waals surface area contributed by atoms with Gasteiger partial charge in [-0.1, -0.05) is 0 Å². The Morgan fingerprint density at radius 2 is 2.32 bits per heavy atom. The van der Waals surface area contributed by atoms with Gasteiger partial charge in [0.1, 0.15) is 10.7 Å². The summed E-state index contributed by atoms with van der Waals surface area (Å²) < 4.78 is 31.7. The molecule has 0 radical (unpaired) electrons. The molecule has 19 heavy (non-hydrogen) atoms. The molecule has 0 aromatic carbocycles. The predicted molar refractivity (Wildman–Crippen MR) is 68.8 cm³/mol. The standard InChI is InChI=1S/C11H17N3O4S/c1-8-5-14(6-9(7-15)18-8)19(16,17)10-3-2-4-13-11(10)12/h2-4,8-9,15H,5-7H2,1H3,(H2,12,13). The van der Waals surface area contributed by atoms with Crippen LogP contribution in [0.1, 0.15) is 6.92 Å². The second-order valence-corrected chi connectivity index (χ2v) is 6.37. The first-order chi connectivity index (χ1) is 8.95. The summed E-state index contributed by atoms with van der Waals surface area (Å²) in [6.07, 6.45) is 0.641. The molecule has 1 aliphatic heterocycles. The van der Waals surface area contributed by atoms with Crippen LogP contribution in [0.5, 0.6) is 0 Å². The molecular formula is C11H17N3O4S. The first kappa shape index (κ1) is 14.2. The Morgan fingerprint density at radius 3 is 2.95 bits per heavy atom. The fourth-order valence-electron chi connectivity index (χ4n) is 2.06. The van der Waals surface area contributed by atoms with Crippen molar-refractivity contribution in [2.75, 3.05) is 25.4 Å². The minimum atomic E-state index is -3.71. The van der Waals surface area contributed by atoms with E-state index in [1.165, 1.54) is 22.6 Å². The van der Waals surface area contributed by atoms with Crippen LogP contribution in [0.25, 0.3) is 0 Å². The molecule has 1 aromatic heterocycles. The summed E-state index contributed by atoms with van der Waals surface area (Å²) in [6.45, 7) is 1.88. The highest BCUT2D eigenvalue weighted by atomic mass is 32.2. The smallest absolute Gasteiger partial charge is 0.246 e. The number of morpholine rings is 1. The molecule has 8 heteroatoms. The second-order valence-electron chi connectivity index (χ2n) is 4.46. The Labute approximate surface area is 112 Å². The van der Waals surface area contributed by atoms with E-state index in [9.17, 15) is 8.42 Å². The van der Waals surface area contributed by atoms with Crippen LogP contribution in [0.4, 0.5) is 5.82 Å². The maximum atomic E-state index is 12.5. The van der Waals surface area contributed by atoms with Crippen molar-refractivity contribution in [3.8, 4) is 0 Å². The fourth-order valence-corrected chi connectivity index (χ4v) is 3.67. The van der Waals surface area contributed by atoms with Gasteiger partial charge in [-0.2, -0.15) is 4.31 Å². The zero-order chi connectivity index (χ0) is 14.0. The molecule has 2 atom stereocenters. The number of nitrogens with two attached hydrogens (primary N) is 1. The lowest BCUT2D eigenvalue weighted by Crippen LogP contribution is -2.50. The molecule has 0 spiro atoms. The number of ether oxygens (including phenoxy) is 1. The van der Waals surface area contributed by atoms with Gasteiger partial charge in [0.05, 0.1) is 18.8 Å². The van der Waals surface area contributed by atoms with Crippen LogP contribution in [0.2, 0.25) is 0 Å². The van der Waals surface area contributed by atoms with Crippen LogP contribution >= 0.6 is 0 Å². The molecule has 7 nitrogen and oxygen atoms in total. The Hall–Kier alpha value is -1.22. The van der Waals surface area contributed by atoms with E-state index in [4.69, 9.17) is 15.6 Å². The summed E-state index contributed by atoms with van der Waals surface area (Å²) in [4.78, 5) is 3.78. The van der Waals surface area contributed by atoms with Gasteiger partial charge in [0.15, 0.2) is 0 Å². The third-order valence-electron chi connectivity index (χ3n) is 2.91. The maximum Gasteiger partial charge on any atom is 0.246 e. The molecule has 1 fully saturated rings. The number of aromatic nitrogens is 1. The van der Waals surface area contributed by atoms with E-state index < -0.39 is 16.1 Å². The van der Waals surface area contributed by atoms with Gasteiger partial charge in [0, 0.05) is 19.3 Å². The van der Waals surface area contributed by atoms with Crippen LogP contribution in [0, 0.1) is 0 Å². The summed E-state index contributed by atoms with van der Waals surface area (Å²) in [6, 6.07) is 2.95. The Kier molecular flexibility index (Phi) is 4.04. The van der Waals surface area contributed by atoms with Crippen molar-refractivity contribution < 1.29 is 18.3 Å². The van der Waals surface area contributed by atoms with Crippen molar-refractivity contribution in [3.63, 3.8) is 0 Å². The maximum absolute atomic E-state index is 12.5. The van der Waals surface area contributed by atoms with Gasteiger partial charge in [-0.25, -0.2) is 13.4 Å². The highest BCUT2D eigenvalue weighted by Crippen LogP contribution is 2.23. The zero-order valence-corrected chi connectivity index (χ0v) is 11.4. The van der Waals surface area contributed by atoms with E-state index in [0.717, 1.165) is 0 Å². The Balaban J connectivity index is 2.32. The molecule has 0 saturated carbocycles. The average Bonchev–Trinajstić information content (AvgIpc) is 2.38. The summed E-state index contributed by atoms with van der Waals surface area (Å²) >= 11 is 0. The normalized spacial score (nSPS) is 25.4. The molecule has 3 N–H and O–H groups in total. The third kappa shape index (κ3) is 2.86. The van der Waals surface area contributed by atoms with Crippen LogP contribution in [-0.4, -0.2) is 54.7 Å². The van der Waals surface area contributed by atoms with Crippen molar-refractivity contribution in [2.24, 2.45) is 0 Å². The molecule has 106 valence electrons. The molecule has 2 heterocycles. The van der Waals surface area contributed by atoms with Gasteiger partial charge in [-0.15, -0.1) is 0 Å². The lowest BCUT2D eigenvalue weighted by molar-refractivity contribution is -0.0750. The van der Waals surface area contributed by atoms with E-state index in [1.807, 2.05) is 0 Å². The van der Waals surface area contributed by atoms with Crippen molar-refractivity contribution in [1.82, 2.24) is 9.29 Å². The van der Waals surface area contributed by atoms with Crippen molar-refractivity contribution in [3.05, 3.63) is 18.3 Å². The summed E-state index contributed by atoms with van der Waals surface area (Å²) in [5, 5.41) is 9.13. The highest BCUT2D eigenvalue weighted by Gasteiger charge is 2.34. The number of nitrogens with zero attached hydrogens (tertiary/aromatic N) is 2. The topological polar surface area (TPSA) is 106 Å². The van der Waals surface area contributed by atoms with Crippen LogP contribution < -0.4 is 5.73 Å². The number of nitrogen functional groups attached to an aromatic ring is 1. The minimum absolute atomic E-state index is 0.0132. The second kappa shape index (κ2) is 5.41. The molecule has 1 aliphatic rings. The quantitative estimate of drug-likeness (QED) is 0.771. The molecule has 0 aliphatic carbocycles. The zero-order valence-electron chi connectivity index (χ0n) is 10.6. The number of pyridine rings is 1. The largest absolute Gasteiger partial charge is 0.394 e. The van der Waals surface area contributed by atoms with E-state index in [0.29, 0.717) is 0 Å². The monoisotopic (exact) mass is 287 g/mol. The van der Waals surface area contributed by atoms with Crippen molar-refractivity contribution >= 4 is 15.8 Å². The molecule has 0 bridgehead atoms. The van der Waals surface area contributed by atoms with Gasteiger partial charge in [-0.05, 0) is 19.1 Å². The van der Waals surface area contributed by atoms with Crippen LogP contribution in [-0.2, 0) is 14.8 Å². The predicted octanol–water partition coefficient (Wildman–Crippen LogP) is -0.566. The summed E-state index contributed by atoms with van der Waals surface area (Å²) in [5.41, 5.74) is 5.62. The minimum Gasteiger partial charge on any atom is -0.394 e. The van der Waals surface area contributed by atoms with Gasteiger partial charge in [-0.3, -0.25) is 0 Å². The first-order valence-electron chi connectivity index (χ1n) is 5.92. The Bertz CT molecular complexity index is 549. The fraction of sp³-hybridized carbons (Fsp3) is 0.545. The van der Waals surface area contributed by atoms with Crippen molar-refractivity contribution in [2.45, 2.75) is 24.0 Å². The van der Waals surface area contributed by atoms with Gasteiger partial charge >= 0.3 is 0 Å². The average molecular weight is 287 g/mol. The number of aliphatic hydroxyl groups is 1. The van der Waals surface area contributed by atoms with Crippen molar-refractivity contribution in [1.29, 1.82) is 0 Å². The Morgan fingerprint density at radius 1 is 1.58 bits per heavy atom. The van der Waals surface area contributed by atoms with Crippen LogP contribution in [0.3, 0.4) is 0 Å². The molecule has 2 rings (SSSR count).